The summed E-state index contributed by atoms with van der Waals surface area (Å²) in [5.74, 6) is 0.711. The number of aromatic nitrogens is 2. The summed E-state index contributed by atoms with van der Waals surface area (Å²) in [5.41, 5.74) is 9.55. The van der Waals surface area contributed by atoms with Gasteiger partial charge in [-0.15, -0.1) is 0 Å². The van der Waals surface area contributed by atoms with E-state index in [2.05, 4.69) is 22.1 Å². The minimum Gasteiger partial charge on any atom is -0.393 e. The van der Waals surface area contributed by atoms with Crippen molar-refractivity contribution in [1.82, 2.24) is 15.3 Å². The third-order valence-corrected chi connectivity index (χ3v) is 3.93. The van der Waals surface area contributed by atoms with Gasteiger partial charge >= 0.3 is 0 Å². The summed E-state index contributed by atoms with van der Waals surface area (Å²) in [6.07, 6.45) is 6.86. The van der Waals surface area contributed by atoms with Gasteiger partial charge in [-0.1, -0.05) is 13.3 Å². The number of rotatable bonds is 8. The fraction of sp³-hybridized carbons (Fsp3) is 0.588. The van der Waals surface area contributed by atoms with Crippen molar-refractivity contribution in [3.63, 3.8) is 0 Å². The Hall–Kier alpha value is -1.99. The highest BCUT2D eigenvalue weighted by atomic mass is 16.5. The van der Waals surface area contributed by atoms with Crippen LogP contribution in [0.1, 0.15) is 36.7 Å². The molecule has 0 amide bonds. The SMILES string of the molecule is CCCCc1c(C)nc(N2CCOC2)nc1C(/C=N\CN)=C/NC. The van der Waals surface area contributed by atoms with E-state index in [-0.39, 0.29) is 6.67 Å². The van der Waals surface area contributed by atoms with E-state index < -0.39 is 0 Å². The van der Waals surface area contributed by atoms with Crippen LogP contribution in [0.5, 0.6) is 0 Å². The number of unbranched alkanes of at least 4 members (excludes halogenated alkanes) is 1. The molecule has 1 aliphatic rings. The monoisotopic (exact) mass is 332 g/mol. The zero-order valence-corrected chi connectivity index (χ0v) is 14.9. The molecule has 7 heteroatoms. The predicted molar refractivity (Wildman–Crippen MR) is 98.1 cm³/mol. The van der Waals surface area contributed by atoms with Crippen LogP contribution in [0.2, 0.25) is 0 Å². The summed E-state index contributed by atoms with van der Waals surface area (Å²) in [6, 6.07) is 0. The van der Waals surface area contributed by atoms with Gasteiger partial charge in [0, 0.05) is 37.3 Å². The third kappa shape index (κ3) is 4.52. The van der Waals surface area contributed by atoms with Crippen LogP contribution in [-0.4, -0.2) is 49.8 Å². The number of hydrogen-bond acceptors (Lipinski definition) is 7. The van der Waals surface area contributed by atoms with Crippen LogP contribution < -0.4 is 16.0 Å². The second-order valence-corrected chi connectivity index (χ2v) is 5.72. The Morgan fingerprint density at radius 1 is 1.46 bits per heavy atom. The first kappa shape index (κ1) is 18.4. The molecule has 2 rings (SSSR count). The zero-order chi connectivity index (χ0) is 17.4. The van der Waals surface area contributed by atoms with Crippen molar-refractivity contribution in [1.29, 1.82) is 0 Å². The van der Waals surface area contributed by atoms with E-state index in [4.69, 9.17) is 20.4 Å². The molecule has 0 atom stereocenters. The summed E-state index contributed by atoms with van der Waals surface area (Å²) >= 11 is 0. The van der Waals surface area contributed by atoms with Gasteiger partial charge in [-0.3, -0.25) is 4.99 Å². The van der Waals surface area contributed by atoms with Gasteiger partial charge in [-0.2, -0.15) is 0 Å². The Labute approximate surface area is 144 Å². The second kappa shape index (κ2) is 9.34. The molecular weight excluding hydrogens is 304 g/mol. The Balaban J connectivity index is 2.49. The maximum absolute atomic E-state index is 5.53. The van der Waals surface area contributed by atoms with Gasteiger partial charge in [-0.05, 0) is 25.3 Å². The Morgan fingerprint density at radius 3 is 2.92 bits per heavy atom. The van der Waals surface area contributed by atoms with Crippen molar-refractivity contribution in [3.05, 3.63) is 23.2 Å². The maximum atomic E-state index is 5.53. The average molecular weight is 332 g/mol. The largest absolute Gasteiger partial charge is 0.393 e. The molecule has 1 aliphatic heterocycles. The lowest BCUT2D eigenvalue weighted by molar-refractivity contribution is 0.200. The quantitative estimate of drug-likeness (QED) is 0.701. The van der Waals surface area contributed by atoms with Crippen LogP contribution in [0.25, 0.3) is 5.57 Å². The van der Waals surface area contributed by atoms with Crippen LogP contribution >= 0.6 is 0 Å². The van der Waals surface area contributed by atoms with Gasteiger partial charge in [0.15, 0.2) is 0 Å². The molecule has 0 spiro atoms. The molecule has 0 aliphatic carbocycles. The highest BCUT2D eigenvalue weighted by molar-refractivity contribution is 6.09. The summed E-state index contributed by atoms with van der Waals surface area (Å²) in [6.45, 7) is 6.55. The van der Waals surface area contributed by atoms with Crippen LogP contribution in [-0.2, 0) is 11.2 Å². The van der Waals surface area contributed by atoms with Gasteiger partial charge in [0.05, 0.1) is 19.0 Å². The summed E-state index contributed by atoms with van der Waals surface area (Å²) in [7, 11) is 1.87. The number of anilines is 1. The summed E-state index contributed by atoms with van der Waals surface area (Å²) in [4.78, 5) is 15.8. The maximum Gasteiger partial charge on any atom is 0.228 e. The first-order valence-corrected chi connectivity index (χ1v) is 8.49. The van der Waals surface area contributed by atoms with Crippen LogP contribution in [0.15, 0.2) is 11.2 Å². The fourth-order valence-corrected chi connectivity index (χ4v) is 2.66. The molecular formula is C17H28N6O. The number of aryl methyl sites for hydroxylation is 1. The fourth-order valence-electron chi connectivity index (χ4n) is 2.66. The van der Waals surface area contributed by atoms with E-state index in [9.17, 15) is 0 Å². The minimum atomic E-state index is 0.252. The van der Waals surface area contributed by atoms with E-state index >= 15 is 0 Å². The molecule has 3 N–H and O–H groups in total. The van der Waals surface area contributed by atoms with Crippen LogP contribution in [0.3, 0.4) is 0 Å². The van der Waals surface area contributed by atoms with Gasteiger partial charge in [0.25, 0.3) is 0 Å². The van der Waals surface area contributed by atoms with Crippen LogP contribution in [0.4, 0.5) is 5.95 Å². The molecule has 1 aromatic heterocycles. The average Bonchev–Trinajstić information content (AvgIpc) is 3.11. The summed E-state index contributed by atoms with van der Waals surface area (Å²) < 4.78 is 5.44. The second-order valence-electron chi connectivity index (χ2n) is 5.72. The molecule has 0 radical (unpaired) electrons. The number of ether oxygens (including phenoxy) is 1. The number of allylic oxidation sites excluding steroid dienone is 1. The Kier molecular flexibility index (Phi) is 7.14. The predicted octanol–water partition coefficient (Wildman–Crippen LogP) is 1.47. The highest BCUT2D eigenvalue weighted by Gasteiger charge is 2.20. The van der Waals surface area contributed by atoms with Crippen molar-refractivity contribution in [2.45, 2.75) is 33.1 Å². The van der Waals surface area contributed by atoms with E-state index in [0.29, 0.717) is 19.3 Å². The topological polar surface area (TPSA) is 88.7 Å². The number of aliphatic imine (C=N–C) groups is 1. The van der Waals surface area contributed by atoms with E-state index in [1.165, 1.54) is 5.56 Å². The molecule has 0 bridgehead atoms. The Bertz CT molecular complexity index is 593. The molecule has 132 valence electrons. The molecule has 1 aromatic rings. The highest BCUT2D eigenvalue weighted by Crippen LogP contribution is 2.24. The van der Waals surface area contributed by atoms with E-state index in [1.54, 1.807) is 6.21 Å². The molecule has 0 unspecified atom stereocenters. The lowest BCUT2D eigenvalue weighted by atomic mass is 10.0. The van der Waals surface area contributed by atoms with E-state index in [0.717, 1.165) is 42.8 Å². The van der Waals surface area contributed by atoms with Crippen molar-refractivity contribution in [2.75, 3.05) is 38.5 Å². The lowest BCUT2D eigenvalue weighted by Crippen LogP contribution is -2.23. The van der Waals surface area contributed by atoms with Crippen molar-refractivity contribution >= 4 is 17.7 Å². The molecule has 1 fully saturated rings. The van der Waals surface area contributed by atoms with Crippen molar-refractivity contribution < 1.29 is 4.74 Å². The molecule has 0 aromatic carbocycles. The van der Waals surface area contributed by atoms with Crippen molar-refractivity contribution in [2.24, 2.45) is 10.7 Å². The van der Waals surface area contributed by atoms with Crippen LogP contribution in [0, 0.1) is 6.92 Å². The van der Waals surface area contributed by atoms with Gasteiger partial charge in [-0.25, -0.2) is 9.97 Å². The van der Waals surface area contributed by atoms with Gasteiger partial charge in [0.2, 0.25) is 5.95 Å². The lowest BCUT2D eigenvalue weighted by Gasteiger charge is -2.19. The first-order valence-electron chi connectivity index (χ1n) is 8.49. The van der Waals surface area contributed by atoms with Crippen molar-refractivity contribution in [3.8, 4) is 0 Å². The standard InChI is InChI=1S/C17H28N6O/c1-4-5-6-15-13(2)21-17(23-7-8-24-12-23)22-16(15)14(9-19-3)10-20-11-18/h9-10,19H,4-8,11-12,18H2,1-3H3/b14-9+,20-10-. The normalized spacial score (nSPS) is 15.5. The number of nitrogens with one attached hydrogen (secondary N) is 1. The Morgan fingerprint density at radius 2 is 2.29 bits per heavy atom. The summed E-state index contributed by atoms with van der Waals surface area (Å²) in [5, 5.41) is 3.07. The smallest absolute Gasteiger partial charge is 0.228 e. The molecule has 2 heterocycles. The molecule has 24 heavy (non-hydrogen) atoms. The molecule has 1 saturated heterocycles. The molecule has 7 nitrogen and oxygen atoms in total. The number of nitrogens with zero attached hydrogens (tertiary/aromatic N) is 4. The number of nitrogens with two attached hydrogens (primary N) is 1. The van der Waals surface area contributed by atoms with Gasteiger partial charge in [0.1, 0.15) is 6.73 Å². The minimum absolute atomic E-state index is 0.252. The van der Waals surface area contributed by atoms with Gasteiger partial charge < -0.3 is 20.7 Å². The van der Waals surface area contributed by atoms with E-state index in [1.807, 2.05) is 20.2 Å². The third-order valence-electron chi connectivity index (χ3n) is 3.93. The molecule has 0 saturated carbocycles. The zero-order valence-electron chi connectivity index (χ0n) is 14.9. The first-order chi connectivity index (χ1) is 11.7. The number of hydrogen-bond donors (Lipinski definition) is 2.